The van der Waals surface area contributed by atoms with Crippen LogP contribution in [0.3, 0.4) is 0 Å². The fraction of sp³-hybridized carbons (Fsp3) is 0.500. The summed E-state index contributed by atoms with van der Waals surface area (Å²) in [7, 11) is 0. The van der Waals surface area contributed by atoms with Gasteiger partial charge in [-0.15, -0.1) is 0 Å². The van der Waals surface area contributed by atoms with E-state index in [1.807, 2.05) is 6.92 Å². The molecule has 0 aromatic heterocycles. The zero-order valence-electron chi connectivity index (χ0n) is 13.3. The van der Waals surface area contributed by atoms with E-state index in [1.54, 1.807) is 20.8 Å². The lowest BCUT2D eigenvalue weighted by atomic mass is 10.2. The number of hydrogen-bond donors (Lipinski definition) is 0. The zero-order chi connectivity index (χ0) is 16.8. The van der Waals surface area contributed by atoms with Crippen LogP contribution in [0.25, 0.3) is 0 Å². The molecule has 1 aromatic carbocycles. The third-order valence-electron chi connectivity index (χ3n) is 2.35. The highest BCUT2D eigenvalue weighted by atomic mass is 19.1. The van der Waals surface area contributed by atoms with Gasteiger partial charge in [0.05, 0.1) is 0 Å². The highest BCUT2D eigenvalue weighted by Crippen LogP contribution is 2.23. The Balaban J connectivity index is 2.59. The maximum atomic E-state index is 13.8. The number of rotatable bonds is 6. The van der Waals surface area contributed by atoms with Crippen molar-refractivity contribution in [2.24, 2.45) is 0 Å². The predicted octanol–water partition coefficient (Wildman–Crippen LogP) is 3.25. The van der Waals surface area contributed by atoms with E-state index in [9.17, 15) is 14.0 Å². The van der Waals surface area contributed by atoms with Gasteiger partial charge < -0.3 is 14.2 Å². The summed E-state index contributed by atoms with van der Waals surface area (Å²) in [6.45, 7) is 6.62. The molecule has 1 aromatic rings. The van der Waals surface area contributed by atoms with E-state index in [1.165, 1.54) is 12.1 Å². The van der Waals surface area contributed by atoms with Crippen molar-refractivity contribution >= 4 is 11.9 Å². The maximum Gasteiger partial charge on any atom is 0.344 e. The monoisotopic (exact) mass is 312 g/mol. The van der Waals surface area contributed by atoms with Crippen LogP contribution in [0.2, 0.25) is 0 Å². The van der Waals surface area contributed by atoms with Crippen molar-refractivity contribution in [2.45, 2.75) is 46.1 Å². The summed E-state index contributed by atoms with van der Waals surface area (Å²) < 4.78 is 28.9. The minimum atomic E-state index is -0.717. The second kappa shape index (κ2) is 7.77. The van der Waals surface area contributed by atoms with Crippen molar-refractivity contribution in [3.8, 4) is 11.5 Å². The first-order valence-electron chi connectivity index (χ1n) is 7.06. The summed E-state index contributed by atoms with van der Waals surface area (Å²) >= 11 is 0. The number of carbonyl (C=O) groups excluding carboxylic acids is 2. The van der Waals surface area contributed by atoms with E-state index in [-0.39, 0.29) is 17.9 Å². The summed E-state index contributed by atoms with van der Waals surface area (Å²) in [5.74, 6) is -1.75. The van der Waals surface area contributed by atoms with Crippen LogP contribution < -0.4 is 9.47 Å². The lowest BCUT2D eigenvalue weighted by Gasteiger charge is -2.19. The summed E-state index contributed by atoms with van der Waals surface area (Å²) in [5, 5.41) is 0. The van der Waals surface area contributed by atoms with E-state index < -0.39 is 30.0 Å². The molecule has 0 fully saturated rings. The van der Waals surface area contributed by atoms with Crippen LogP contribution in [0.1, 0.15) is 40.5 Å². The third kappa shape index (κ3) is 6.56. The molecule has 122 valence electrons. The molecule has 0 heterocycles. The Hall–Kier alpha value is -2.11. The van der Waals surface area contributed by atoms with Gasteiger partial charge in [-0.1, -0.05) is 6.92 Å². The first-order chi connectivity index (χ1) is 10.2. The Labute approximate surface area is 129 Å². The van der Waals surface area contributed by atoms with E-state index in [2.05, 4.69) is 0 Å². The van der Waals surface area contributed by atoms with Gasteiger partial charge in [-0.25, -0.2) is 9.18 Å². The largest absolute Gasteiger partial charge is 0.479 e. The quantitative estimate of drug-likeness (QED) is 0.596. The smallest absolute Gasteiger partial charge is 0.344 e. The van der Waals surface area contributed by atoms with Gasteiger partial charge in [0, 0.05) is 12.5 Å². The summed E-state index contributed by atoms with van der Waals surface area (Å²) in [4.78, 5) is 22.8. The molecule has 22 heavy (non-hydrogen) atoms. The minimum absolute atomic E-state index is 0.0977. The van der Waals surface area contributed by atoms with E-state index in [0.717, 1.165) is 6.07 Å². The van der Waals surface area contributed by atoms with Crippen molar-refractivity contribution < 1.29 is 28.2 Å². The van der Waals surface area contributed by atoms with E-state index in [4.69, 9.17) is 14.2 Å². The molecule has 0 radical (unpaired) electrons. The van der Waals surface area contributed by atoms with Crippen LogP contribution in [0.15, 0.2) is 18.2 Å². The maximum absolute atomic E-state index is 13.8. The standard InChI is InChI=1S/C16H21FO5/c1-5-6-14(18)21-11-7-8-13(12(17)9-11)20-10-15(19)22-16(2,3)4/h7-9H,5-6,10H2,1-4H3. The van der Waals surface area contributed by atoms with Crippen molar-refractivity contribution in [1.29, 1.82) is 0 Å². The molecule has 0 aliphatic carbocycles. The van der Waals surface area contributed by atoms with Gasteiger partial charge in [-0.2, -0.15) is 0 Å². The molecule has 0 N–H and O–H groups in total. The number of carbonyl (C=O) groups is 2. The Morgan fingerprint density at radius 2 is 1.86 bits per heavy atom. The fourth-order valence-electron chi connectivity index (χ4n) is 1.56. The van der Waals surface area contributed by atoms with E-state index in [0.29, 0.717) is 6.42 Å². The molecule has 0 aliphatic heterocycles. The van der Waals surface area contributed by atoms with Gasteiger partial charge >= 0.3 is 11.9 Å². The fourth-order valence-corrected chi connectivity index (χ4v) is 1.56. The molecule has 0 unspecified atom stereocenters. The van der Waals surface area contributed by atoms with Crippen LogP contribution in [0, 0.1) is 5.82 Å². The highest BCUT2D eigenvalue weighted by molar-refractivity contribution is 5.72. The van der Waals surface area contributed by atoms with Gasteiger partial charge in [0.2, 0.25) is 0 Å². The van der Waals surface area contributed by atoms with Crippen LogP contribution in [-0.2, 0) is 14.3 Å². The van der Waals surface area contributed by atoms with Gasteiger partial charge in [0.1, 0.15) is 11.4 Å². The molecular formula is C16H21FO5. The van der Waals surface area contributed by atoms with Gasteiger partial charge in [0.25, 0.3) is 0 Å². The topological polar surface area (TPSA) is 61.8 Å². The van der Waals surface area contributed by atoms with Crippen molar-refractivity contribution in [3.05, 3.63) is 24.0 Å². The lowest BCUT2D eigenvalue weighted by Crippen LogP contribution is -2.27. The number of benzene rings is 1. The van der Waals surface area contributed by atoms with Crippen LogP contribution >= 0.6 is 0 Å². The molecule has 6 heteroatoms. The van der Waals surface area contributed by atoms with Gasteiger partial charge in [0.15, 0.2) is 18.2 Å². The van der Waals surface area contributed by atoms with Crippen molar-refractivity contribution in [2.75, 3.05) is 6.61 Å². The predicted molar refractivity (Wildman–Crippen MR) is 78.3 cm³/mol. The first kappa shape index (κ1) is 17.9. The molecular weight excluding hydrogens is 291 g/mol. The number of esters is 2. The average Bonchev–Trinajstić information content (AvgIpc) is 2.35. The Morgan fingerprint density at radius 1 is 1.18 bits per heavy atom. The minimum Gasteiger partial charge on any atom is -0.479 e. The molecule has 0 spiro atoms. The van der Waals surface area contributed by atoms with Crippen molar-refractivity contribution in [3.63, 3.8) is 0 Å². The van der Waals surface area contributed by atoms with Crippen LogP contribution in [0.5, 0.6) is 11.5 Å². The highest BCUT2D eigenvalue weighted by Gasteiger charge is 2.17. The second-order valence-corrected chi connectivity index (χ2v) is 5.69. The van der Waals surface area contributed by atoms with Gasteiger partial charge in [-0.3, -0.25) is 4.79 Å². The molecule has 1 rings (SSSR count). The Bertz CT molecular complexity index is 534. The molecule has 0 amide bonds. The molecule has 0 bridgehead atoms. The first-order valence-corrected chi connectivity index (χ1v) is 7.06. The molecule has 0 saturated carbocycles. The summed E-state index contributed by atoms with van der Waals surface area (Å²) in [6, 6.07) is 3.74. The Morgan fingerprint density at radius 3 is 2.41 bits per heavy atom. The average molecular weight is 312 g/mol. The van der Waals surface area contributed by atoms with Crippen LogP contribution in [-0.4, -0.2) is 24.1 Å². The molecule has 0 atom stereocenters. The van der Waals surface area contributed by atoms with Gasteiger partial charge in [-0.05, 0) is 39.3 Å². The van der Waals surface area contributed by atoms with Crippen LogP contribution in [0.4, 0.5) is 4.39 Å². The Kier molecular flexibility index (Phi) is 6.34. The normalized spacial score (nSPS) is 11.0. The number of ether oxygens (including phenoxy) is 3. The molecule has 0 saturated heterocycles. The SMILES string of the molecule is CCCC(=O)Oc1ccc(OCC(=O)OC(C)(C)C)c(F)c1. The van der Waals surface area contributed by atoms with E-state index >= 15 is 0 Å². The summed E-state index contributed by atoms with van der Waals surface area (Å²) in [6.07, 6.45) is 0.914. The summed E-state index contributed by atoms with van der Waals surface area (Å²) in [5.41, 5.74) is -0.629. The molecule has 0 aliphatic rings. The lowest BCUT2D eigenvalue weighted by molar-refractivity contribution is -0.157. The number of hydrogen-bond acceptors (Lipinski definition) is 5. The van der Waals surface area contributed by atoms with Crippen molar-refractivity contribution in [1.82, 2.24) is 0 Å². The third-order valence-corrected chi connectivity index (χ3v) is 2.35. The second-order valence-electron chi connectivity index (χ2n) is 5.69. The molecule has 5 nitrogen and oxygen atoms in total. The number of halogens is 1. The zero-order valence-corrected chi connectivity index (χ0v) is 13.3.